The van der Waals surface area contributed by atoms with Gasteiger partial charge in [-0.1, -0.05) is 0 Å². The van der Waals surface area contributed by atoms with Crippen molar-refractivity contribution in [3.8, 4) is 11.5 Å². The Labute approximate surface area is 117 Å². The third kappa shape index (κ3) is 3.71. The fourth-order valence-electron chi connectivity index (χ4n) is 2.11. The van der Waals surface area contributed by atoms with Crippen molar-refractivity contribution in [2.45, 2.75) is 12.8 Å². The molecule has 1 atom stereocenters. The Morgan fingerprint density at radius 2 is 2.45 bits per heavy atom. The minimum Gasteiger partial charge on any atom is -0.504 e. The topological polar surface area (TPSA) is 83.0 Å². The van der Waals surface area contributed by atoms with E-state index >= 15 is 0 Å². The quantitative estimate of drug-likeness (QED) is 0.563. The number of hydrazone groups is 1. The summed E-state index contributed by atoms with van der Waals surface area (Å²) >= 11 is 0. The molecule has 3 N–H and O–H groups in total. The first-order valence-corrected chi connectivity index (χ1v) is 6.61. The molecule has 0 bridgehead atoms. The number of amides is 1. The van der Waals surface area contributed by atoms with Crippen molar-refractivity contribution in [1.29, 1.82) is 0 Å². The van der Waals surface area contributed by atoms with E-state index in [0.717, 1.165) is 24.9 Å². The fraction of sp³-hybridized carbons (Fsp3) is 0.429. The number of rotatable bonds is 4. The van der Waals surface area contributed by atoms with Gasteiger partial charge in [-0.3, -0.25) is 4.79 Å². The van der Waals surface area contributed by atoms with E-state index in [1.165, 1.54) is 19.4 Å². The lowest BCUT2D eigenvalue weighted by atomic mass is 9.99. The van der Waals surface area contributed by atoms with Crippen LogP contribution in [-0.4, -0.2) is 37.4 Å². The highest BCUT2D eigenvalue weighted by Gasteiger charge is 2.20. The Morgan fingerprint density at radius 1 is 1.60 bits per heavy atom. The normalized spacial score (nSPS) is 18.9. The number of carbonyl (C=O) groups is 1. The minimum atomic E-state index is -0.0702. The maximum atomic E-state index is 11.8. The number of phenolic OH excluding ortho intramolecular Hbond substituents is 1. The Balaban J connectivity index is 1.90. The molecule has 6 heteroatoms. The van der Waals surface area contributed by atoms with Crippen molar-refractivity contribution in [3.63, 3.8) is 0 Å². The number of carbonyl (C=O) groups excluding carboxylic acids is 1. The van der Waals surface area contributed by atoms with Crippen LogP contribution in [0.2, 0.25) is 0 Å². The van der Waals surface area contributed by atoms with E-state index in [9.17, 15) is 9.90 Å². The van der Waals surface area contributed by atoms with Gasteiger partial charge in [0.25, 0.3) is 0 Å². The highest BCUT2D eigenvalue weighted by atomic mass is 16.5. The van der Waals surface area contributed by atoms with E-state index in [-0.39, 0.29) is 17.6 Å². The predicted octanol–water partition coefficient (Wildman–Crippen LogP) is 0.850. The third-order valence-electron chi connectivity index (χ3n) is 3.26. The molecule has 0 aromatic heterocycles. The van der Waals surface area contributed by atoms with Crippen molar-refractivity contribution in [1.82, 2.24) is 10.7 Å². The summed E-state index contributed by atoms with van der Waals surface area (Å²) in [4.78, 5) is 11.8. The molecule has 1 aliphatic rings. The van der Waals surface area contributed by atoms with Gasteiger partial charge < -0.3 is 15.2 Å². The largest absolute Gasteiger partial charge is 0.504 e. The van der Waals surface area contributed by atoms with Gasteiger partial charge in [-0.25, -0.2) is 5.43 Å². The maximum Gasteiger partial charge on any atom is 0.244 e. The molecule has 6 nitrogen and oxygen atoms in total. The summed E-state index contributed by atoms with van der Waals surface area (Å²) in [6, 6.07) is 4.86. The van der Waals surface area contributed by atoms with E-state index in [0.29, 0.717) is 12.3 Å². The molecule has 2 rings (SSSR count). The second-order valence-corrected chi connectivity index (χ2v) is 4.71. The third-order valence-corrected chi connectivity index (χ3v) is 3.26. The average Bonchev–Trinajstić information content (AvgIpc) is 2.49. The van der Waals surface area contributed by atoms with Crippen molar-refractivity contribution in [2.24, 2.45) is 11.0 Å². The molecular formula is C14H19N3O3. The molecule has 1 amide bonds. The van der Waals surface area contributed by atoms with E-state index in [1.807, 2.05) is 0 Å². The summed E-state index contributed by atoms with van der Waals surface area (Å²) < 4.78 is 5.00. The van der Waals surface area contributed by atoms with E-state index in [2.05, 4.69) is 15.8 Å². The molecular weight excluding hydrogens is 258 g/mol. The minimum absolute atomic E-state index is 0.0183. The average molecular weight is 277 g/mol. The SMILES string of the molecule is COc1cc(C=NNC(=O)C2CCCNC2)ccc1O. The number of ether oxygens (including phenoxy) is 1. The van der Waals surface area contributed by atoms with Gasteiger partial charge in [-0.2, -0.15) is 5.10 Å². The summed E-state index contributed by atoms with van der Waals surface area (Å²) in [6.07, 6.45) is 3.43. The Morgan fingerprint density at radius 3 is 3.15 bits per heavy atom. The lowest BCUT2D eigenvalue weighted by Gasteiger charge is -2.20. The van der Waals surface area contributed by atoms with E-state index in [4.69, 9.17) is 4.74 Å². The predicted molar refractivity (Wildman–Crippen MR) is 76.0 cm³/mol. The molecule has 20 heavy (non-hydrogen) atoms. The molecule has 1 heterocycles. The number of hydrogen-bond donors (Lipinski definition) is 3. The standard InChI is InChI=1S/C14H19N3O3/c1-20-13-7-10(4-5-12(13)18)8-16-17-14(19)11-3-2-6-15-9-11/h4-5,7-8,11,15,18H,2-3,6,9H2,1H3,(H,17,19). The molecule has 0 aliphatic carbocycles. The number of hydrogen-bond acceptors (Lipinski definition) is 5. The van der Waals surface area contributed by atoms with Crippen LogP contribution in [0.4, 0.5) is 0 Å². The van der Waals surface area contributed by atoms with Crippen LogP contribution in [-0.2, 0) is 4.79 Å². The number of phenols is 1. The van der Waals surface area contributed by atoms with Gasteiger partial charge in [0.1, 0.15) is 0 Å². The van der Waals surface area contributed by atoms with Gasteiger partial charge >= 0.3 is 0 Å². The summed E-state index contributed by atoms with van der Waals surface area (Å²) in [7, 11) is 1.48. The zero-order valence-electron chi connectivity index (χ0n) is 11.4. The molecule has 1 saturated heterocycles. The van der Waals surface area contributed by atoms with Crippen LogP contribution in [0.15, 0.2) is 23.3 Å². The Hall–Kier alpha value is -2.08. The van der Waals surface area contributed by atoms with Crippen LogP contribution in [0, 0.1) is 5.92 Å². The van der Waals surface area contributed by atoms with Crippen LogP contribution >= 0.6 is 0 Å². The van der Waals surface area contributed by atoms with Gasteiger partial charge in [-0.05, 0) is 43.1 Å². The van der Waals surface area contributed by atoms with E-state index < -0.39 is 0 Å². The number of benzene rings is 1. The molecule has 1 aliphatic heterocycles. The second kappa shape index (κ2) is 6.91. The molecule has 0 radical (unpaired) electrons. The van der Waals surface area contributed by atoms with Crippen LogP contribution in [0.3, 0.4) is 0 Å². The highest BCUT2D eigenvalue weighted by Crippen LogP contribution is 2.25. The second-order valence-electron chi connectivity index (χ2n) is 4.71. The molecule has 0 spiro atoms. The Bertz CT molecular complexity index is 496. The highest BCUT2D eigenvalue weighted by molar-refractivity contribution is 5.84. The number of nitrogens with zero attached hydrogens (tertiary/aromatic N) is 1. The lowest BCUT2D eigenvalue weighted by molar-refractivity contribution is -0.125. The smallest absolute Gasteiger partial charge is 0.244 e. The van der Waals surface area contributed by atoms with Gasteiger partial charge in [0.05, 0.1) is 19.2 Å². The molecule has 108 valence electrons. The molecule has 1 unspecified atom stereocenters. The first-order chi connectivity index (χ1) is 9.70. The molecule has 0 saturated carbocycles. The zero-order chi connectivity index (χ0) is 14.4. The number of piperidine rings is 1. The first kappa shape index (κ1) is 14.3. The van der Waals surface area contributed by atoms with Crippen LogP contribution in [0.25, 0.3) is 0 Å². The molecule has 1 aromatic carbocycles. The summed E-state index contributed by atoms with van der Waals surface area (Å²) in [5.41, 5.74) is 3.28. The molecule has 1 fully saturated rings. The van der Waals surface area contributed by atoms with Gasteiger partial charge in [0.2, 0.25) is 5.91 Å². The summed E-state index contributed by atoms with van der Waals surface area (Å²) in [5.74, 6) is 0.355. The summed E-state index contributed by atoms with van der Waals surface area (Å²) in [6.45, 7) is 1.68. The maximum absolute atomic E-state index is 11.8. The monoisotopic (exact) mass is 277 g/mol. The van der Waals surface area contributed by atoms with Gasteiger partial charge in [0, 0.05) is 6.54 Å². The zero-order valence-corrected chi connectivity index (χ0v) is 11.4. The molecule has 1 aromatic rings. The van der Waals surface area contributed by atoms with Crippen LogP contribution in [0.5, 0.6) is 11.5 Å². The van der Waals surface area contributed by atoms with Crippen molar-refractivity contribution >= 4 is 12.1 Å². The van der Waals surface area contributed by atoms with Crippen LogP contribution < -0.4 is 15.5 Å². The van der Waals surface area contributed by atoms with E-state index in [1.54, 1.807) is 12.1 Å². The fourth-order valence-corrected chi connectivity index (χ4v) is 2.11. The number of methoxy groups -OCH3 is 1. The number of nitrogens with one attached hydrogen (secondary N) is 2. The van der Waals surface area contributed by atoms with Crippen molar-refractivity contribution in [2.75, 3.05) is 20.2 Å². The van der Waals surface area contributed by atoms with Crippen molar-refractivity contribution in [3.05, 3.63) is 23.8 Å². The summed E-state index contributed by atoms with van der Waals surface area (Å²) in [5, 5.41) is 16.6. The van der Waals surface area contributed by atoms with Crippen LogP contribution in [0.1, 0.15) is 18.4 Å². The van der Waals surface area contributed by atoms with Crippen molar-refractivity contribution < 1.29 is 14.6 Å². The van der Waals surface area contributed by atoms with Gasteiger partial charge in [0.15, 0.2) is 11.5 Å². The first-order valence-electron chi connectivity index (χ1n) is 6.61. The number of aromatic hydroxyl groups is 1. The van der Waals surface area contributed by atoms with Gasteiger partial charge in [-0.15, -0.1) is 0 Å². The Kier molecular flexibility index (Phi) is 4.95. The lowest BCUT2D eigenvalue weighted by Crippen LogP contribution is -2.38.